The summed E-state index contributed by atoms with van der Waals surface area (Å²) < 4.78 is 11.5. The maximum absolute atomic E-state index is 13.2. The average Bonchev–Trinajstić information content (AvgIpc) is 3.58. The predicted molar refractivity (Wildman–Crippen MR) is 127 cm³/mol. The Labute approximate surface area is 205 Å². The minimum absolute atomic E-state index is 0.0275. The Morgan fingerprint density at radius 1 is 1.26 bits per heavy atom. The Bertz CT molecular complexity index is 1130. The third-order valence-corrected chi connectivity index (χ3v) is 7.09. The van der Waals surface area contributed by atoms with E-state index < -0.39 is 23.6 Å². The molecule has 3 heterocycles. The van der Waals surface area contributed by atoms with Gasteiger partial charge in [0.05, 0.1) is 32.3 Å². The van der Waals surface area contributed by atoms with Crippen molar-refractivity contribution in [2.24, 2.45) is 5.73 Å². The first kappa shape index (κ1) is 24.6. The van der Waals surface area contributed by atoms with Gasteiger partial charge in [-0.25, -0.2) is 0 Å². The van der Waals surface area contributed by atoms with Gasteiger partial charge in [-0.2, -0.15) is 0 Å². The van der Waals surface area contributed by atoms with Gasteiger partial charge in [-0.05, 0) is 37.3 Å². The molecule has 2 fully saturated rings. The van der Waals surface area contributed by atoms with Crippen LogP contribution < -0.4 is 16.4 Å². The van der Waals surface area contributed by atoms with Crippen LogP contribution in [-0.2, 0) is 19.1 Å². The predicted octanol–water partition coefficient (Wildman–Crippen LogP) is 0.689. The highest BCUT2D eigenvalue weighted by molar-refractivity contribution is 7.10. The second-order valence-electron chi connectivity index (χ2n) is 8.46. The van der Waals surface area contributed by atoms with E-state index in [1.807, 2.05) is 6.92 Å². The molecule has 2 atom stereocenters. The zero-order valence-corrected chi connectivity index (χ0v) is 19.9. The molecular formula is C23H27N5O6S. The molecule has 2 aliphatic rings. The zero-order valence-electron chi connectivity index (χ0n) is 19.1. The number of amides is 3. The molecular weight excluding hydrogens is 474 g/mol. The number of hydrogen-bond acceptors (Lipinski definition) is 8. The van der Waals surface area contributed by atoms with Gasteiger partial charge >= 0.3 is 0 Å². The number of carbonyl (C=O) groups is 3. The summed E-state index contributed by atoms with van der Waals surface area (Å²) in [6, 6.07) is 6.18. The second kappa shape index (κ2) is 10.0. The highest BCUT2D eigenvalue weighted by Crippen LogP contribution is 2.35. The van der Waals surface area contributed by atoms with E-state index in [9.17, 15) is 19.5 Å². The number of benzene rings is 1. The number of phenolic OH excluding ortho intramolecular Hbond substituents is 1. The maximum Gasteiger partial charge on any atom is 0.251 e. The third kappa shape index (κ3) is 5.45. The normalized spacial score (nSPS) is 19.5. The summed E-state index contributed by atoms with van der Waals surface area (Å²) in [6.07, 6.45) is 0.173. The number of likely N-dealkylation sites (tertiary alicyclic amines) is 1. The van der Waals surface area contributed by atoms with E-state index in [-0.39, 0.29) is 43.0 Å². The average molecular weight is 502 g/mol. The van der Waals surface area contributed by atoms with Crippen LogP contribution in [0.4, 0.5) is 0 Å². The Morgan fingerprint density at radius 2 is 1.94 bits per heavy atom. The van der Waals surface area contributed by atoms with E-state index in [1.165, 1.54) is 40.5 Å². The van der Waals surface area contributed by atoms with E-state index in [0.717, 1.165) is 4.88 Å². The van der Waals surface area contributed by atoms with Gasteiger partial charge in [0, 0.05) is 27.8 Å². The lowest BCUT2D eigenvalue weighted by atomic mass is 10.1. The lowest BCUT2D eigenvalue weighted by Gasteiger charge is -2.25. The fourth-order valence-corrected chi connectivity index (χ4v) is 5.03. The fourth-order valence-electron chi connectivity index (χ4n) is 4.12. The van der Waals surface area contributed by atoms with Crippen LogP contribution in [0.5, 0.6) is 5.75 Å². The molecule has 0 saturated carbocycles. The molecule has 0 radical (unpaired) electrons. The maximum atomic E-state index is 13.2. The van der Waals surface area contributed by atoms with Gasteiger partial charge in [-0.3, -0.25) is 19.8 Å². The molecule has 1 aromatic carbocycles. The van der Waals surface area contributed by atoms with Crippen LogP contribution in [0.2, 0.25) is 0 Å². The van der Waals surface area contributed by atoms with E-state index in [0.29, 0.717) is 24.3 Å². The minimum atomic E-state index is -1.05. The molecule has 6 N–H and O–H groups in total. The monoisotopic (exact) mass is 501 g/mol. The van der Waals surface area contributed by atoms with Crippen molar-refractivity contribution in [3.63, 3.8) is 0 Å². The Morgan fingerprint density at radius 3 is 2.57 bits per heavy atom. The van der Waals surface area contributed by atoms with E-state index in [1.54, 1.807) is 11.4 Å². The van der Waals surface area contributed by atoms with Gasteiger partial charge in [0.25, 0.3) is 5.91 Å². The van der Waals surface area contributed by atoms with Gasteiger partial charge < -0.3 is 35.8 Å². The molecule has 1 unspecified atom stereocenters. The molecule has 35 heavy (non-hydrogen) atoms. The Balaban J connectivity index is 1.43. The summed E-state index contributed by atoms with van der Waals surface area (Å²) in [7, 11) is 0. The fraction of sp³-hybridized carbons (Fsp3) is 0.391. The van der Waals surface area contributed by atoms with Gasteiger partial charge in [0.2, 0.25) is 11.8 Å². The van der Waals surface area contributed by atoms with Crippen molar-refractivity contribution in [3.05, 3.63) is 51.7 Å². The minimum Gasteiger partial charge on any atom is -0.508 e. The summed E-state index contributed by atoms with van der Waals surface area (Å²) in [4.78, 5) is 40.9. The number of aromatic hydroxyl groups is 1. The molecule has 0 aliphatic carbocycles. The van der Waals surface area contributed by atoms with E-state index in [4.69, 9.17) is 20.6 Å². The molecule has 2 aliphatic heterocycles. The van der Waals surface area contributed by atoms with E-state index in [2.05, 4.69) is 10.6 Å². The van der Waals surface area contributed by atoms with Crippen molar-refractivity contribution in [1.82, 2.24) is 15.5 Å². The number of carbonyl (C=O) groups excluding carboxylic acids is 3. The molecule has 11 nitrogen and oxygen atoms in total. The van der Waals surface area contributed by atoms with Crippen LogP contribution in [0, 0.1) is 5.41 Å². The smallest absolute Gasteiger partial charge is 0.251 e. The molecule has 1 aromatic heterocycles. The molecule has 186 valence electrons. The van der Waals surface area contributed by atoms with Crippen LogP contribution in [0.3, 0.4) is 0 Å². The Hall–Kier alpha value is -3.48. The van der Waals surface area contributed by atoms with Crippen LogP contribution >= 0.6 is 11.3 Å². The number of nitrogens with zero attached hydrogens (tertiary/aromatic N) is 1. The summed E-state index contributed by atoms with van der Waals surface area (Å²) in [5, 5.41) is 24.2. The quantitative estimate of drug-likeness (QED) is 0.275. The molecule has 0 bridgehead atoms. The molecule has 1 spiro atoms. The Kier molecular flexibility index (Phi) is 7.05. The van der Waals surface area contributed by atoms with Gasteiger partial charge in [0.1, 0.15) is 17.6 Å². The largest absolute Gasteiger partial charge is 0.508 e. The molecule has 4 rings (SSSR count). The number of ether oxygens (including phenoxy) is 2. The highest BCUT2D eigenvalue weighted by Gasteiger charge is 2.52. The number of thiophene rings is 1. The van der Waals surface area contributed by atoms with Crippen molar-refractivity contribution in [2.45, 2.75) is 31.2 Å². The zero-order chi connectivity index (χ0) is 25.2. The number of nitrogen functional groups attached to an aromatic ring is 1. The number of rotatable bonds is 7. The SMILES string of the molecule is C[C@@H](NC(=O)C1CC2(CN1C(=O)CNC(=O)c1ccc(O)cc1)OCCO2)c1cc(C(=N)N)cs1. The van der Waals surface area contributed by atoms with Crippen molar-refractivity contribution >= 4 is 34.9 Å². The number of phenols is 1. The van der Waals surface area contributed by atoms with Gasteiger partial charge in [-0.1, -0.05) is 0 Å². The van der Waals surface area contributed by atoms with Crippen molar-refractivity contribution in [2.75, 3.05) is 26.3 Å². The van der Waals surface area contributed by atoms with Gasteiger partial charge in [0.15, 0.2) is 5.79 Å². The molecule has 2 aromatic rings. The first-order valence-corrected chi connectivity index (χ1v) is 11.9. The number of amidine groups is 1. The van der Waals surface area contributed by atoms with Crippen LogP contribution in [0.25, 0.3) is 0 Å². The molecule has 12 heteroatoms. The van der Waals surface area contributed by atoms with Crippen molar-refractivity contribution < 1.29 is 29.0 Å². The topological polar surface area (TPSA) is 167 Å². The molecule has 3 amide bonds. The lowest BCUT2D eigenvalue weighted by molar-refractivity contribution is -0.152. The summed E-state index contributed by atoms with van der Waals surface area (Å²) >= 11 is 1.38. The summed E-state index contributed by atoms with van der Waals surface area (Å²) in [6.45, 7) is 2.30. The van der Waals surface area contributed by atoms with Gasteiger partial charge in [-0.15, -0.1) is 11.3 Å². The summed E-state index contributed by atoms with van der Waals surface area (Å²) in [5.41, 5.74) is 6.40. The first-order valence-electron chi connectivity index (χ1n) is 11.1. The third-order valence-electron chi connectivity index (χ3n) is 5.97. The number of nitrogens with two attached hydrogens (primary N) is 1. The summed E-state index contributed by atoms with van der Waals surface area (Å²) in [5.74, 6) is -2.37. The van der Waals surface area contributed by atoms with Crippen molar-refractivity contribution in [1.29, 1.82) is 5.41 Å². The lowest BCUT2D eigenvalue weighted by Crippen LogP contribution is -2.49. The molecule has 2 saturated heterocycles. The first-order chi connectivity index (χ1) is 16.7. The number of hydrogen-bond donors (Lipinski definition) is 5. The standard InChI is InChI=1S/C23H27N5O6S/c1-13(18-8-15(11-35-18)20(24)25)27-22(32)17-9-23(33-6-7-34-23)12-28(17)19(30)10-26-21(31)14-2-4-16(29)5-3-14/h2-5,8,11,13,17,29H,6-7,9-10,12H2,1H3,(H3,24,25)(H,26,31)(H,27,32)/t13-,17?/m1/s1. The van der Waals surface area contributed by atoms with Crippen LogP contribution in [-0.4, -0.2) is 71.7 Å². The number of nitrogens with one attached hydrogen (secondary N) is 3. The highest BCUT2D eigenvalue weighted by atomic mass is 32.1. The van der Waals surface area contributed by atoms with Crippen LogP contribution in [0.15, 0.2) is 35.7 Å². The van der Waals surface area contributed by atoms with Crippen molar-refractivity contribution in [3.8, 4) is 5.75 Å². The van der Waals surface area contributed by atoms with Crippen LogP contribution in [0.1, 0.15) is 40.2 Å². The van der Waals surface area contributed by atoms with E-state index >= 15 is 0 Å². The second-order valence-corrected chi connectivity index (χ2v) is 9.40.